The molecule has 9 nitrogen and oxygen atoms in total. The number of nitrogens with one attached hydrogen (secondary N) is 1. The first kappa shape index (κ1) is 18.7. The Hall–Kier alpha value is -3.62. The summed E-state index contributed by atoms with van der Waals surface area (Å²) in [6.45, 7) is -0.300. The predicted molar refractivity (Wildman–Crippen MR) is 91.6 cm³/mol. The molecule has 136 valence electrons. The number of hydrogen-bond acceptors (Lipinski definition) is 7. The second-order valence-corrected chi connectivity index (χ2v) is 4.99. The van der Waals surface area contributed by atoms with Gasteiger partial charge in [-0.1, -0.05) is 6.07 Å². The molecular formula is C17H16N2O7. The van der Waals surface area contributed by atoms with Gasteiger partial charge in [-0.15, -0.1) is 0 Å². The van der Waals surface area contributed by atoms with Crippen LogP contribution < -0.4 is 14.8 Å². The Morgan fingerprint density at radius 1 is 1.12 bits per heavy atom. The van der Waals surface area contributed by atoms with Gasteiger partial charge in [0.05, 0.1) is 19.1 Å². The Kier molecular flexibility index (Phi) is 6.10. The maximum atomic E-state index is 12.3. The van der Waals surface area contributed by atoms with E-state index in [-0.39, 0.29) is 35.0 Å². The first-order valence-electron chi connectivity index (χ1n) is 7.38. The lowest BCUT2D eigenvalue weighted by Gasteiger charge is -2.11. The summed E-state index contributed by atoms with van der Waals surface area (Å²) in [4.78, 5) is 33.7. The van der Waals surface area contributed by atoms with Crippen molar-refractivity contribution in [2.45, 2.75) is 0 Å². The fourth-order valence-corrected chi connectivity index (χ4v) is 2.02. The first-order valence-corrected chi connectivity index (χ1v) is 7.38. The lowest BCUT2D eigenvalue weighted by Crippen LogP contribution is -2.14. The van der Waals surface area contributed by atoms with Gasteiger partial charge in [-0.2, -0.15) is 0 Å². The Morgan fingerprint density at radius 2 is 1.88 bits per heavy atom. The quantitative estimate of drug-likeness (QED) is 0.458. The Balaban J connectivity index is 2.15. The van der Waals surface area contributed by atoms with Crippen molar-refractivity contribution in [2.24, 2.45) is 0 Å². The van der Waals surface area contributed by atoms with Crippen molar-refractivity contribution in [1.82, 2.24) is 0 Å². The minimum atomic E-state index is -0.556. The fraction of sp³-hybridized carbons (Fsp3) is 0.176. The van der Waals surface area contributed by atoms with E-state index in [9.17, 15) is 19.7 Å². The summed E-state index contributed by atoms with van der Waals surface area (Å²) < 4.78 is 14.9. The third-order valence-electron chi connectivity index (χ3n) is 3.31. The van der Waals surface area contributed by atoms with Crippen molar-refractivity contribution in [3.63, 3.8) is 0 Å². The average Bonchev–Trinajstić information content (AvgIpc) is 2.65. The molecule has 2 aromatic carbocycles. The molecule has 0 unspecified atom stereocenters. The van der Waals surface area contributed by atoms with Crippen LogP contribution in [0.25, 0.3) is 0 Å². The maximum absolute atomic E-state index is 12.3. The smallest absolute Gasteiger partial charge is 0.343 e. The number of amides is 1. The van der Waals surface area contributed by atoms with Crippen LogP contribution in [0.1, 0.15) is 10.4 Å². The van der Waals surface area contributed by atoms with E-state index < -0.39 is 16.8 Å². The number of nitro benzene ring substituents is 1. The molecule has 0 radical (unpaired) electrons. The molecule has 0 aliphatic carbocycles. The summed E-state index contributed by atoms with van der Waals surface area (Å²) in [5, 5.41) is 13.4. The number of rotatable bonds is 7. The average molecular weight is 360 g/mol. The van der Waals surface area contributed by atoms with Crippen molar-refractivity contribution in [1.29, 1.82) is 0 Å². The van der Waals surface area contributed by atoms with Crippen molar-refractivity contribution in [3.8, 4) is 11.5 Å². The van der Waals surface area contributed by atoms with Gasteiger partial charge >= 0.3 is 5.97 Å². The zero-order valence-electron chi connectivity index (χ0n) is 14.1. The number of non-ortho nitro benzene ring substituents is 1. The van der Waals surface area contributed by atoms with Crippen LogP contribution in [-0.4, -0.2) is 37.6 Å². The third-order valence-corrected chi connectivity index (χ3v) is 3.31. The zero-order chi connectivity index (χ0) is 19.1. The number of benzene rings is 2. The molecule has 1 amide bonds. The molecule has 0 saturated heterocycles. The van der Waals surface area contributed by atoms with E-state index in [1.54, 1.807) is 0 Å². The standard InChI is InChI=1S/C17H16N2O7/c1-24-15-8-11(6-7-14(15)26-10-16(20)25-2)17(21)18-12-4-3-5-13(9-12)19(22)23/h3-9H,10H2,1-2H3,(H,18,21). The van der Waals surface area contributed by atoms with E-state index in [0.29, 0.717) is 0 Å². The predicted octanol–water partition coefficient (Wildman–Crippen LogP) is 2.41. The van der Waals surface area contributed by atoms with Gasteiger partial charge in [-0.05, 0) is 24.3 Å². The van der Waals surface area contributed by atoms with Crippen LogP contribution in [0.3, 0.4) is 0 Å². The molecule has 0 spiro atoms. The molecule has 0 aliphatic heterocycles. The number of anilines is 1. The lowest BCUT2D eigenvalue weighted by atomic mass is 10.1. The molecule has 1 N–H and O–H groups in total. The number of carbonyl (C=O) groups excluding carboxylic acids is 2. The number of esters is 1. The lowest BCUT2D eigenvalue weighted by molar-refractivity contribution is -0.384. The highest BCUT2D eigenvalue weighted by Crippen LogP contribution is 2.28. The maximum Gasteiger partial charge on any atom is 0.343 e. The Bertz CT molecular complexity index is 836. The summed E-state index contributed by atoms with van der Waals surface area (Å²) in [5.41, 5.74) is 0.403. The van der Waals surface area contributed by atoms with Gasteiger partial charge in [0, 0.05) is 23.4 Å². The zero-order valence-corrected chi connectivity index (χ0v) is 14.1. The summed E-state index contributed by atoms with van der Waals surface area (Å²) in [5.74, 6) is -0.520. The van der Waals surface area contributed by atoms with Gasteiger partial charge in [-0.3, -0.25) is 14.9 Å². The van der Waals surface area contributed by atoms with Crippen molar-refractivity contribution >= 4 is 23.3 Å². The number of nitrogens with zero attached hydrogens (tertiary/aromatic N) is 1. The largest absolute Gasteiger partial charge is 0.493 e. The molecule has 9 heteroatoms. The number of nitro groups is 1. The van der Waals surface area contributed by atoms with Crippen molar-refractivity contribution < 1.29 is 28.7 Å². The van der Waals surface area contributed by atoms with Gasteiger partial charge in [0.1, 0.15) is 0 Å². The normalized spacial score (nSPS) is 9.92. The number of carbonyl (C=O) groups is 2. The highest BCUT2D eigenvalue weighted by Gasteiger charge is 2.14. The molecule has 0 fully saturated rings. The van der Waals surface area contributed by atoms with Gasteiger partial charge in [0.2, 0.25) is 0 Å². The second-order valence-electron chi connectivity index (χ2n) is 4.99. The van der Waals surface area contributed by atoms with Crippen LogP contribution in [0, 0.1) is 10.1 Å². The van der Waals surface area contributed by atoms with E-state index >= 15 is 0 Å². The fourth-order valence-electron chi connectivity index (χ4n) is 2.02. The molecule has 0 atom stereocenters. The summed E-state index contributed by atoms with van der Waals surface area (Å²) >= 11 is 0. The van der Waals surface area contributed by atoms with Gasteiger partial charge in [0.15, 0.2) is 18.1 Å². The second kappa shape index (κ2) is 8.47. The van der Waals surface area contributed by atoms with Gasteiger partial charge in [-0.25, -0.2) is 4.79 Å². The topological polar surface area (TPSA) is 117 Å². The van der Waals surface area contributed by atoms with Crippen molar-refractivity contribution in [2.75, 3.05) is 26.1 Å². The monoisotopic (exact) mass is 360 g/mol. The number of methoxy groups -OCH3 is 2. The van der Waals surface area contributed by atoms with Crippen LogP contribution in [-0.2, 0) is 9.53 Å². The molecule has 2 rings (SSSR count). The number of ether oxygens (including phenoxy) is 3. The summed E-state index contributed by atoms with van der Waals surface area (Å²) in [7, 11) is 2.63. The number of hydrogen-bond donors (Lipinski definition) is 1. The van der Waals surface area contributed by atoms with E-state index in [2.05, 4.69) is 10.1 Å². The summed E-state index contributed by atoms with van der Waals surface area (Å²) in [6.07, 6.45) is 0. The minimum Gasteiger partial charge on any atom is -0.493 e. The molecule has 0 aromatic heterocycles. The van der Waals surface area contributed by atoms with Crippen LogP contribution in [0.5, 0.6) is 11.5 Å². The first-order chi connectivity index (χ1) is 12.4. The molecular weight excluding hydrogens is 344 g/mol. The van der Waals surface area contributed by atoms with Crippen LogP contribution >= 0.6 is 0 Å². The molecule has 0 saturated carbocycles. The van der Waals surface area contributed by atoms with Crippen molar-refractivity contribution in [3.05, 3.63) is 58.1 Å². The van der Waals surface area contributed by atoms with E-state index in [4.69, 9.17) is 9.47 Å². The van der Waals surface area contributed by atoms with Crippen LogP contribution in [0.2, 0.25) is 0 Å². The Morgan fingerprint density at radius 3 is 2.54 bits per heavy atom. The molecule has 0 heterocycles. The van der Waals surface area contributed by atoms with Gasteiger partial charge in [0.25, 0.3) is 11.6 Å². The van der Waals surface area contributed by atoms with Crippen LogP contribution in [0.15, 0.2) is 42.5 Å². The Labute approximate surface area is 148 Å². The van der Waals surface area contributed by atoms with Crippen LogP contribution in [0.4, 0.5) is 11.4 Å². The van der Waals surface area contributed by atoms with E-state index in [0.717, 1.165) is 0 Å². The molecule has 2 aromatic rings. The molecule has 0 bridgehead atoms. The highest BCUT2D eigenvalue weighted by molar-refractivity contribution is 6.04. The van der Waals surface area contributed by atoms with Gasteiger partial charge < -0.3 is 19.5 Å². The van der Waals surface area contributed by atoms with E-state index in [1.807, 2.05) is 0 Å². The molecule has 0 aliphatic rings. The highest BCUT2D eigenvalue weighted by atomic mass is 16.6. The summed E-state index contributed by atoms with van der Waals surface area (Å²) in [6, 6.07) is 9.97. The third kappa shape index (κ3) is 4.69. The SMILES string of the molecule is COC(=O)COc1ccc(C(=O)Nc2cccc([N+](=O)[O-])c2)cc1OC. The van der Waals surface area contributed by atoms with E-state index in [1.165, 1.54) is 56.7 Å². The molecule has 26 heavy (non-hydrogen) atoms. The minimum absolute atomic E-state index is 0.132.